The van der Waals surface area contributed by atoms with Gasteiger partial charge < -0.3 is 15.5 Å². The molecule has 0 unspecified atom stereocenters. The fraction of sp³-hybridized carbons (Fsp3) is 0.789. The van der Waals surface area contributed by atoms with Crippen LogP contribution in [0.3, 0.4) is 0 Å². The SMILES string of the molecule is CCNC(=NCc1nc(C)c(C)s1)NCCCCN1CCC(C)CC1.I. The average Bonchev–Trinajstić information content (AvgIpc) is 2.92. The van der Waals surface area contributed by atoms with Gasteiger partial charge in [0.25, 0.3) is 0 Å². The van der Waals surface area contributed by atoms with Gasteiger partial charge in [-0.3, -0.25) is 0 Å². The van der Waals surface area contributed by atoms with E-state index in [9.17, 15) is 0 Å². The summed E-state index contributed by atoms with van der Waals surface area (Å²) in [6.45, 7) is 15.0. The normalized spacial score (nSPS) is 16.4. The number of halogens is 1. The molecule has 1 aliphatic rings. The molecular formula is C19H36IN5S. The summed E-state index contributed by atoms with van der Waals surface area (Å²) in [5.41, 5.74) is 1.13. The molecule has 0 bridgehead atoms. The Labute approximate surface area is 180 Å². The number of hydrogen-bond donors (Lipinski definition) is 2. The molecule has 0 saturated carbocycles. The van der Waals surface area contributed by atoms with Gasteiger partial charge in [0, 0.05) is 18.0 Å². The quantitative estimate of drug-likeness (QED) is 0.249. The molecule has 1 aromatic rings. The summed E-state index contributed by atoms with van der Waals surface area (Å²) >= 11 is 1.74. The molecule has 5 nitrogen and oxygen atoms in total. The zero-order valence-corrected chi connectivity index (χ0v) is 20.0. The van der Waals surface area contributed by atoms with Crippen LogP contribution < -0.4 is 10.6 Å². The second-order valence-electron chi connectivity index (χ2n) is 7.10. The number of thiazole rings is 1. The third-order valence-corrected chi connectivity index (χ3v) is 5.92. The first-order chi connectivity index (χ1) is 12.1. The molecule has 7 heteroatoms. The van der Waals surface area contributed by atoms with Crippen LogP contribution in [0.4, 0.5) is 0 Å². The Morgan fingerprint density at radius 3 is 2.58 bits per heavy atom. The second kappa shape index (κ2) is 12.9. The van der Waals surface area contributed by atoms with Gasteiger partial charge in [-0.15, -0.1) is 35.3 Å². The number of guanidine groups is 1. The van der Waals surface area contributed by atoms with E-state index in [2.05, 4.69) is 53.2 Å². The van der Waals surface area contributed by atoms with Gasteiger partial charge in [0.05, 0.1) is 12.2 Å². The van der Waals surface area contributed by atoms with Crippen molar-refractivity contribution < 1.29 is 0 Å². The topological polar surface area (TPSA) is 52.6 Å². The molecular weight excluding hydrogens is 457 g/mol. The lowest BCUT2D eigenvalue weighted by Gasteiger charge is -2.30. The number of piperidine rings is 1. The van der Waals surface area contributed by atoms with Gasteiger partial charge >= 0.3 is 0 Å². The van der Waals surface area contributed by atoms with E-state index in [1.54, 1.807) is 11.3 Å². The van der Waals surface area contributed by atoms with E-state index in [0.717, 1.165) is 35.7 Å². The number of rotatable bonds is 8. The highest BCUT2D eigenvalue weighted by Gasteiger charge is 2.14. The third-order valence-electron chi connectivity index (χ3n) is 4.86. The molecule has 2 N–H and O–H groups in total. The molecule has 0 amide bonds. The molecule has 0 atom stereocenters. The van der Waals surface area contributed by atoms with E-state index in [1.165, 1.54) is 50.2 Å². The van der Waals surface area contributed by atoms with Crippen LogP contribution in [0.15, 0.2) is 4.99 Å². The highest BCUT2D eigenvalue weighted by molar-refractivity contribution is 14.0. The molecule has 2 heterocycles. The number of aliphatic imine (C=N–C) groups is 1. The van der Waals surface area contributed by atoms with Crippen molar-refractivity contribution in [3.8, 4) is 0 Å². The molecule has 26 heavy (non-hydrogen) atoms. The van der Waals surface area contributed by atoms with Crippen LogP contribution in [0.2, 0.25) is 0 Å². The maximum absolute atomic E-state index is 4.67. The van der Waals surface area contributed by atoms with Gasteiger partial charge in [-0.25, -0.2) is 9.98 Å². The first kappa shape index (κ1) is 23.6. The van der Waals surface area contributed by atoms with Gasteiger partial charge in [0.2, 0.25) is 0 Å². The van der Waals surface area contributed by atoms with Gasteiger partial charge in [-0.1, -0.05) is 6.92 Å². The number of likely N-dealkylation sites (tertiary alicyclic amines) is 1. The van der Waals surface area contributed by atoms with Gasteiger partial charge in [-0.05, 0) is 72.0 Å². The minimum atomic E-state index is 0. The van der Waals surface area contributed by atoms with E-state index < -0.39 is 0 Å². The van der Waals surface area contributed by atoms with Crippen molar-refractivity contribution in [3.05, 3.63) is 15.6 Å². The Balaban J connectivity index is 0.00000338. The standard InChI is InChI=1S/C19H35N5S.HI/c1-5-20-19(22-14-18-23-16(3)17(4)25-18)21-10-6-7-11-24-12-8-15(2)9-13-24;/h15H,5-14H2,1-4H3,(H2,20,21,22);1H. The summed E-state index contributed by atoms with van der Waals surface area (Å²) in [4.78, 5) is 13.1. The average molecular weight is 494 g/mol. The Morgan fingerprint density at radius 1 is 1.23 bits per heavy atom. The molecule has 0 spiro atoms. The number of unbranched alkanes of at least 4 members (excludes halogenated alkanes) is 1. The molecule has 0 radical (unpaired) electrons. The van der Waals surface area contributed by atoms with Crippen LogP contribution in [0.5, 0.6) is 0 Å². The predicted molar refractivity (Wildman–Crippen MR) is 124 cm³/mol. The van der Waals surface area contributed by atoms with Crippen LogP contribution >= 0.6 is 35.3 Å². The fourth-order valence-electron chi connectivity index (χ4n) is 3.05. The molecule has 1 aromatic heterocycles. The maximum atomic E-state index is 4.67. The highest BCUT2D eigenvalue weighted by Crippen LogP contribution is 2.17. The molecule has 1 fully saturated rings. The molecule has 2 rings (SSSR count). The summed E-state index contributed by atoms with van der Waals surface area (Å²) in [5.74, 6) is 1.82. The van der Waals surface area contributed by atoms with Crippen molar-refractivity contribution in [3.63, 3.8) is 0 Å². The monoisotopic (exact) mass is 493 g/mol. The highest BCUT2D eigenvalue weighted by atomic mass is 127. The van der Waals surface area contributed by atoms with Gasteiger partial charge in [0.1, 0.15) is 5.01 Å². The van der Waals surface area contributed by atoms with Crippen LogP contribution in [0.25, 0.3) is 0 Å². The van der Waals surface area contributed by atoms with E-state index in [-0.39, 0.29) is 24.0 Å². The summed E-state index contributed by atoms with van der Waals surface area (Å²) in [7, 11) is 0. The van der Waals surface area contributed by atoms with E-state index in [0.29, 0.717) is 6.54 Å². The smallest absolute Gasteiger partial charge is 0.191 e. The van der Waals surface area contributed by atoms with E-state index >= 15 is 0 Å². The first-order valence-corrected chi connectivity index (χ1v) is 10.6. The Hall–Kier alpha value is -0.410. The summed E-state index contributed by atoms with van der Waals surface area (Å²) in [6.07, 6.45) is 5.17. The minimum Gasteiger partial charge on any atom is -0.357 e. The summed E-state index contributed by atoms with van der Waals surface area (Å²) < 4.78 is 0. The molecule has 1 aliphatic heterocycles. The van der Waals surface area contributed by atoms with E-state index in [1.807, 2.05) is 0 Å². The summed E-state index contributed by atoms with van der Waals surface area (Å²) in [5, 5.41) is 7.87. The lowest BCUT2D eigenvalue weighted by molar-refractivity contribution is 0.189. The van der Waals surface area contributed by atoms with Crippen LogP contribution in [-0.4, -0.2) is 48.6 Å². The Bertz CT molecular complexity index is 519. The third kappa shape index (κ3) is 8.52. The second-order valence-corrected chi connectivity index (χ2v) is 8.39. The molecule has 1 saturated heterocycles. The molecule has 150 valence electrons. The zero-order valence-electron chi connectivity index (χ0n) is 16.8. The largest absolute Gasteiger partial charge is 0.357 e. The number of nitrogens with zero attached hydrogens (tertiary/aromatic N) is 3. The van der Waals surface area contributed by atoms with Crippen molar-refractivity contribution in [2.75, 3.05) is 32.7 Å². The van der Waals surface area contributed by atoms with Crippen LogP contribution in [-0.2, 0) is 6.54 Å². The number of hydrogen-bond acceptors (Lipinski definition) is 4. The Morgan fingerprint density at radius 2 is 1.96 bits per heavy atom. The van der Waals surface area contributed by atoms with Crippen molar-refractivity contribution in [2.45, 2.75) is 59.9 Å². The lowest BCUT2D eigenvalue weighted by Crippen LogP contribution is -2.38. The van der Waals surface area contributed by atoms with Crippen molar-refractivity contribution in [1.29, 1.82) is 0 Å². The van der Waals surface area contributed by atoms with Crippen LogP contribution in [0, 0.1) is 19.8 Å². The van der Waals surface area contributed by atoms with Gasteiger partial charge in [-0.2, -0.15) is 0 Å². The molecule has 0 aromatic carbocycles. The number of nitrogens with one attached hydrogen (secondary N) is 2. The summed E-state index contributed by atoms with van der Waals surface area (Å²) in [6, 6.07) is 0. The van der Waals surface area contributed by atoms with Crippen molar-refractivity contribution >= 4 is 41.3 Å². The fourth-order valence-corrected chi connectivity index (χ4v) is 3.91. The van der Waals surface area contributed by atoms with Crippen molar-refractivity contribution in [2.24, 2.45) is 10.9 Å². The number of aryl methyl sites for hydroxylation is 2. The predicted octanol–water partition coefficient (Wildman–Crippen LogP) is 3.95. The maximum Gasteiger partial charge on any atom is 0.191 e. The van der Waals surface area contributed by atoms with Gasteiger partial charge in [0.15, 0.2) is 5.96 Å². The van der Waals surface area contributed by atoms with E-state index in [4.69, 9.17) is 0 Å². The minimum absolute atomic E-state index is 0. The number of aromatic nitrogens is 1. The lowest BCUT2D eigenvalue weighted by atomic mass is 9.99. The van der Waals surface area contributed by atoms with Crippen molar-refractivity contribution in [1.82, 2.24) is 20.5 Å². The first-order valence-electron chi connectivity index (χ1n) is 9.76. The molecule has 0 aliphatic carbocycles. The zero-order chi connectivity index (χ0) is 18.1. The Kier molecular flexibility index (Phi) is 11.7. The van der Waals surface area contributed by atoms with Crippen LogP contribution in [0.1, 0.15) is 55.1 Å².